The quantitative estimate of drug-likeness (QED) is 0.937. The first-order valence-electron chi connectivity index (χ1n) is 7.51. The van der Waals surface area contributed by atoms with Crippen molar-refractivity contribution in [3.05, 3.63) is 35.5 Å². The van der Waals surface area contributed by atoms with E-state index in [1.807, 2.05) is 0 Å². The molecule has 0 aliphatic carbocycles. The molecule has 2 heterocycles. The van der Waals surface area contributed by atoms with Crippen molar-refractivity contribution in [2.45, 2.75) is 33.1 Å². The van der Waals surface area contributed by atoms with Crippen molar-refractivity contribution < 1.29 is 0 Å². The van der Waals surface area contributed by atoms with Crippen LogP contribution in [0.4, 0.5) is 17.5 Å². The van der Waals surface area contributed by atoms with Crippen LogP contribution < -0.4 is 10.2 Å². The van der Waals surface area contributed by atoms with E-state index in [-0.39, 0.29) is 0 Å². The van der Waals surface area contributed by atoms with E-state index in [1.54, 1.807) is 6.20 Å². The van der Waals surface area contributed by atoms with Gasteiger partial charge in [0, 0.05) is 18.8 Å². The third-order valence-corrected chi connectivity index (χ3v) is 3.70. The zero-order chi connectivity index (χ0) is 14.7. The summed E-state index contributed by atoms with van der Waals surface area (Å²) in [6.45, 7) is 6.28. The number of aromatic nitrogens is 3. The van der Waals surface area contributed by atoms with Gasteiger partial charge in [-0.3, -0.25) is 0 Å². The van der Waals surface area contributed by atoms with Gasteiger partial charge in [0.15, 0.2) is 5.82 Å². The van der Waals surface area contributed by atoms with Crippen molar-refractivity contribution in [2.24, 2.45) is 0 Å². The number of benzene rings is 1. The normalized spacial score (nSPS) is 15.0. The zero-order valence-electron chi connectivity index (χ0n) is 12.6. The van der Waals surface area contributed by atoms with Crippen molar-refractivity contribution in [1.82, 2.24) is 15.2 Å². The molecule has 0 radical (unpaired) electrons. The summed E-state index contributed by atoms with van der Waals surface area (Å²) in [5.41, 5.74) is 3.44. The van der Waals surface area contributed by atoms with Gasteiger partial charge in [-0.15, -0.1) is 5.10 Å². The SMILES string of the molecule is Cc1cc(C)cc(Nc2nncc(N3CCCCC3)n2)c1. The maximum Gasteiger partial charge on any atom is 0.249 e. The Kier molecular flexibility index (Phi) is 3.99. The number of aryl methyl sites for hydroxylation is 2. The molecule has 3 rings (SSSR count). The van der Waals surface area contributed by atoms with Crippen molar-refractivity contribution in [3.63, 3.8) is 0 Å². The van der Waals surface area contributed by atoms with E-state index in [4.69, 9.17) is 0 Å². The number of piperidine rings is 1. The standard InChI is InChI=1S/C16H21N5/c1-12-8-13(2)10-14(9-12)18-16-19-15(11-17-20-16)21-6-4-3-5-7-21/h8-11H,3-7H2,1-2H3,(H,18,19,20). The lowest BCUT2D eigenvalue weighted by Crippen LogP contribution is -2.30. The predicted octanol–water partition coefficient (Wildman–Crippen LogP) is 3.22. The summed E-state index contributed by atoms with van der Waals surface area (Å²) in [6.07, 6.45) is 5.51. The molecule has 0 amide bonds. The monoisotopic (exact) mass is 283 g/mol. The summed E-state index contributed by atoms with van der Waals surface area (Å²) in [5, 5.41) is 11.4. The Morgan fingerprint density at radius 1 is 1.00 bits per heavy atom. The molecule has 1 N–H and O–H groups in total. The minimum Gasteiger partial charge on any atom is -0.355 e. The van der Waals surface area contributed by atoms with Crippen LogP contribution in [0.5, 0.6) is 0 Å². The Morgan fingerprint density at radius 2 is 1.71 bits per heavy atom. The van der Waals surface area contributed by atoms with Crippen molar-refractivity contribution in [1.29, 1.82) is 0 Å². The smallest absolute Gasteiger partial charge is 0.249 e. The number of rotatable bonds is 3. The Bertz CT molecular complexity index is 600. The number of hydrogen-bond acceptors (Lipinski definition) is 5. The third kappa shape index (κ3) is 3.48. The van der Waals surface area contributed by atoms with Gasteiger partial charge in [0.2, 0.25) is 5.95 Å². The van der Waals surface area contributed by atoms with E-state index in [0.717, 1.165) is 24.6 Å². The first kappa shape index (κ1) is 13.8. The fourth-order valence-corrected chi connectivity index (χ4v) is 2.80. The van der Waals surface area contributed by atoms with Crippen molar-refractivity contribution >= 4 is 17.5 Å². The summed E-state index contributed by atoms with van der Waals surface area (Å²) >= 11 is 0. The molecule has 2 aromatic rings. The van der Waals surface area contributed by atoms with Crippen LogP contribution in [0, 0.1) is 13.8 Å². The van der Waals surface area contributed by atoms with Crippen LogP contribution in [0.15, 0.2) is 24.4 Å². The topological polar surface area (TPSA) is 53.9 Å². The zero-order valence-corrected chi connectivity index (χ0v) is 12.6. The highest BCUT2D eigenvalue weighted by Gasteiger charge is 2.13. The first-order valence-corrected chi connectivity index (χ1v) is 7.51. The maximum atomic E-state index is 4.59. The van der Waals surface area contributed by atoms with Crippen LogP contribution in [-0.2, 0) is 0 Å². The maximum absolute atomic E-state index is 4.59. The molecule has 1 aliphatic heterocycles. The van der Waals surface area contributed by atoms with E-state index in [0.29, 0.717) is 5.95 Å². The molecule has 21 heavy (non-hydrogen) atoms. The molecule has 5 heteroatoms. The lowest BCUT2D eigenvalue weighted by atomic mass is 10.1. The van der Waals surface area contributed by atoms with Crippen LogP contribution in [0.1, 0.15) is 30.4 Å². The summed E-state index contributed by atoms with van der Waals surface area (Å²) in [5.74, 6) is 1.47. The van der Waals surface area contributed by atoms with Crippen LogP contribution in [0.25, 0.3) is 0 Å². The Morgan fingerprint density at radius 3 is 2.43 bits per heavy atom. The average Bonchev–Trinajstić information content (AvgIpc) is 2.47. The molecule has 0 bridgehead atoms. The lowest BCUT2D eigenvalue weighted by Gasteiger charge is -2.27. The average molecular weight is 283 g/mol. The van der Waals surface area contributed by atoms with E-state index >= 15 is 0 Å². The van der Waals surface area contributed by atoms with Crippen LogP contribution in [0.3, 0.4) is 0 Å². The summed E-state index contributed by atoms with van der Waals surface area (Å²) in [7, 11) is 0. The first-order chi connectivity index (χ1) is 10.2. The molecule has 0 spiro atoms. The molecule has 5 nitrogen and oxygen atoms in total. The second-order valence-electron chi connectivity index (χ2n) is 5.69. The van der Waals surface area contributed by atoms with E-state index in [9.17, 15) is 0 Å². The van der Waals surface area contributed by atoms with Gasteiger partial charge >= 0.3 is 0 Å². The minimum absolute atomic E-state index is 0.558. The Labute approximate surface area is 125 Å². The molecule has 1 saturated heterocycles. The molecule has 1 aromatic heterocycles. The van der Waals surface area contributed by atoms with Crippen molar-refractivity contribution in [2.75, 3.05) is 23.3 Å². The molecule has 0 atom stereocenters. The highest BCUT2D eigenvalue weighted by Crippen LogP contribution is 2.20. The van der Waals surface area contributed by atoms with Gasteiger partial charge in [0.1, 0.15) is 0 Å². The molecule has 1 aromatic carbocycles. The van der Waals surface area contributed by atoms with E-state index < -0.39 is 0 Å². The molecule has 0 unspecified atom stereocenters. The Hall–Kier alpha value is -2.17. The third-order valence-electron chi connectivity index (χ3n) is 3.70. The number of hydrogen-bond donors (Lipinski definition) is 1. The summed E-state index contributed by atoms with van der Waals surface area (Å²) in [4.78, 5) is 6.87. The molecular weight excluding hydrogens is 262 g/mol. The van der Waals surface area contributed by atoms with Crippen LogP contribution >= 0.6 is 0 Å². The molecule has 1 aliphatic rings. The fraction of sp³-hybridized carbons (Fsp3) is 0.438. The molecule has 1 fully saturated rings. The number of nitrogens with one attached hydrogen (secondary N) is 1. The second kappa shape index (κ2) is 6.08. The van der Waals surface area contributed by atoms with Crippen LogP contribution in [0.2, 0.25) is 0 Å². The summed E-state index contributed by atoms with van der Waals surface area (Å²) in [6, 6.07) is 6.32. The van der Waals surface area contributed by atoms with Crippen molar-refractivity contribution in [3.8, 4) is 0 Å². The van der Waals surface area contributed by atoms with Crippen LogP contribution in [-0.4, -0.2) is 28.3 Å². The van der Waals surface area contributed by atoms with Gasteiger partial charge in [-0.1, -0.05) is 6.07 Å². The largest absolute Gasteiger partial charge is 0.355 e. The lowest BCUT2D eigenvalue weighted by molar-refractivity contribution is 0.572. The molecule has 110 valence electrons. The fourth-order valence-electron chi connectivity index (χ4n) is 2.80. The number of anilines is 3. The second-order valence-corrected chi connectivity index (χ2v) is 5.69. The minimum atomic E-state index is 0.558. The predicted molar refractivity (Wildman–Crippen MR) is 85.1 cm³/mol. The van der Waals surface area contributed by atoms with Gasteiger partial charge in [-0.2, -0.15) is 10.1 Å². The molecular formula is C16H21N5. The molecule has 0 saturated carbocycles. The Balaban J connectivity index is 1.79. The highest BCUT2D eigenvalue weighted by atomic mass is 15.3. The van der Waals surface area contributed by atoms with E-state index in [2.05, 4.69) is 57.4 Å². The summed E-state index contributed by atoms with van der Waals surface area (Å²) < 4.78 is 0. The van der Waals surface area contributed by atoms with Gasteiger partial charge in [-0.25, -0.2) is 0 Å². The van der Waals surface area contributed by atoms with Gasteiger partial charge in [-0.05, 0) is 56.4 Å². The van der Waals surface area contributed by atoms with Gasteiger partial charge in [0.25, 0.3) is 0 Å². The van der Waals surface area contributed by atoms with Gasteiger partial charge in [0.05, 0.1) is 6.20 Å². The van der Waals surface area contributed by atoms with E-state index in [1.165, 1.54) is 30.4 Å². The highest BCUT2D eigenvalue weighted by molar-refractivity contribution is 5.56. The van der Waals surface area contributed by atoms with Gasteiger partial charge < -0.3 is 10.2 Å². The number of nitrogens with zero attached hydrogens (tertiary/aromatic N) is 4.